The summed E-state index contributed by atoms with van der Waals surface area (Å²) in [5.41, 5.74) is 3.72. The predicted octanol–water partition coefficient (Wildman–Crippen LogP) is 3.18. The van der Waals surface area contributed by atoms with E-state index in [1.165, 1.54) is 29.5 Å². The van der Waals surface area contributed by atoms with E-state index in [-0.39, 0.29) is 17.9 Å². The number of hydrogen-bond donors (Lipinski definition) is 1. The molecule has 0 aliphatic carbocycles. The van der Waals surface area contributed by atoms with Gasteiger partial charge in [0.25, 0.3) is 0 Å². The van der Waals surface area contributed by atoms with E-state index >= 15 is 0 Å². The maximum Gasteiger partial charge on any atom is 0.228 e. The summed E-state index contributed by atoms with van der Waals surface area (Å²) in [6.07, 6.45) is 8.54. The quantitative estimate of drug-likeness (QED) is 0.908. The van der Waals surface area contributed by atoms with Crippen LogP contribution in [0.3, 0.4) is 0 Å². The van der Waals surface area contributed by atoms with Crippen molar-refractivity contribution in [2.75, 3.05) is 19.6 Å². The highest BCUT2D eigenvalue weighted by Crippen LogP contribution is 2.35. The van der Waals surface area contributed by atoms with Gasteiger partial charge in [0.1, 0.15) is 0 Å². The number of carbonyl (C=O) groups excluding carboxylic acids is 1. The lowest BCUT2D eigenvalue weighted by Gasteiger charge is -2.34. The first kappa shape index (κ1) is 18.2. The van der Waals surface area contributed by atoms with Crippen LogP contribution in [-0.2, 0) is 11.8 Å². The second kappa shape index (κ2) is 7.85. The standard InChI is InChI=1S/C22H30N4O/c1-16-7-6-8-17(11-16)21-9-4-3-5-10-26(21)22(27)20-14-23-13-19(20)18-12-24-25(2)15-18/h6-8,11-12,15,19-21,23H,3-5,9-10,13-14H2,1-2H3/t19-,20+,21?/m1/s1. The van der Waals surface area contributed by atoms with Crippen molar-refractivity contribution in [3.63, 3.8) is 0 Å². The number of nitrogens with zero attached hydrogens (tertiary/aromatic N) is 3. The molecule has 144 valence electrons. The van der Waals surface area contributed by atoms with Crippen molar-refractivity contribution >= 4 is 5.91 Å². The maximum atomic E-state index is 13.7. The van der Waals surface area contributed by atoms with Gasteiger partial charge in [-0.05, 0) is 30.9 Å². The lowest BCUT2D eigenvalue weighted by atomic mass is 9.88. The Morgan fingerprint density at radius 1 is 1.19 bits per heavy atom. The highest BCUT2D eigenvalue weighted by molar-refractivity contribution is 5.81. The van der Waals surface area contributed by atoms with Crippen molar-refractivity contribution in [2.24, 2.45) is 13.0 Å². The number of likely N-dealkylation sites (tertiary alicyclic amines) is 1. The van der Waals surface area contributed by atoms with E-state index in [1.807, 2.05) is 17.9 Å². The summed E-state index contributed by atoms with van der Waals surface area (Å²) in [6, 6.07) is 8.89. The smallest absolute Gasteiger partial charge is 0.228 e. The predicted molar refractivity (Wildman–Crippen MR) is 106 cm³/mol. The number of aryl methyl sites for hydroxylation is 2. The van der Waals surface area contributed by atoms with Crippen LogP contribution in [-0.4, -0.2) is 40.2 Å². The molecule has 1 unspecified atom stereocenters. The minimum absolute atomic E-state index is 0.000362. The zero-order chi connectivity index (χ0) is 18.8. The minimum atomic E-state index is -0.000362. The molecule has 0 spiro atoms. The number of hydrogen-bond acceptors (Lipinski definition) is 3. The van der Waals surface area contributed by atoms with Crippen LogP contribution < -0.4 is 5.32 Å². The van der Waals surface area contributed by atoms with Gasteiger partial charge < -0.3 is 10.2 Å². The summed E-state index contributed by atoms with van der Waals surface area (Å²) in [5, 5.41) is 7.76. The third-order valence-corrected chi connectivity index (χ3v) is 6.15. The molecule has 0 radical (unpaired) electrons. The molecule has 5 heteroatoms. The van der Waals surface area contributed by atoms with Crippen LogP contribution in [0.5, 0.6) is 0 Å². The first-order chi connectivity index (χ1) is 13.1. The zero-order valence-electron chi connectivity index (χ0n) is 16.4. The van der Waals surface area contributed by atoms with Crippen molar-refractivity contribution in [3.8, 4) is 0 Å². The first-order valence-electron chi connectivity index (χ1n) is 10.2. The van der Waals surface area contributed by atoms with Gasteiger partial charge in [-0.25, -0.2) is 0 Å². The molecule has 5 nitrogen and oxygen atoms in total. The van der Waals surface area contributed by atoms with Gasteiger partial charge in [-0.2, -0.15) is 5.10 Å². The molecule has 3 atom stereocenters. The Balaban J connectivity index is 1.61. The fourth-order valence-corrected chi connectivity index (χ4v) is 4.73. The molecular formula is C22H30N4O. The summed E-state index contributed by atoms with van der Waals surface area (Å²) in [7, 11) is 1.94. The fraction of sp³-hybridized carbons (Fsp3) is 0.545. The highest BCUT2D eigenvalue weighted by Gasteiger charge is 2.39. The summed E-state index contributed by atoms with van der Waals surface area (Å²) in [4.78, 5) is 15.9. The second-order valence-corrected chi connectivity index (χ2v) is 8.13. The van der Waals surface area contributed by atoms with E-state index in [0.29, 0.717) is 5.91 Å². The number of nitrogens with one attached hydrogen (secondary N) is 1. The van der Waals surface area contributed by atoms with Gasteiger partial charge in [-0.3, -0.25) is 9.48 Å². The van der Waals surface area contributed by atoms with Gasteiger partial charge in [0.15, 0.2) is 0 Å². The average molecular weight is 367 g/mol. The molecule has 2 aliphatic rings. The summed E-state index contributed by atoms with van der Waals surface area (Å²) < 4.78 is 1.83. The molecule has 2 aromatic rings. The van der Waals surface area contributed by atoms with E-state index in [4.69, 9.17) is 0 Å². The molecule has 1 amide bonds. The van der Waals surface area contributed by atoms with E-state index in [0.717, 1.165) is 32.5 Å². The third kappa shape index (κ3) is 3.79. The Labute approximate surface area is 161 Å². The Hall–Kier alpha value is -2.14. The molecule has 0 saturated carbocycles. The van der Waals surface area contributed by atoms with Crippen LogP contribution in [0, 0.1) is 12.8 Å². The lowest BCUT2D eigenvalue weighted by Crippen LogP contribution is -2.41. The first-order valence-corrected chi connectivity index (χ1v) is 10.2. The van der Waals surface area contributed by atoms with Crippen LogP contribution in [0.2, 0.25) is 0 Å². The Morgan fingerprint density at radius 2 is 2.07 bits per heavy atom. The van der Waals surface area contributed by atoms with Crippen LogP contribution in [0.15, 0.2) is 36.7 Å². The monoisotopic (exact) mass is 366 g/mol. The molecule has 0 bridgehead atoms. The molecule has 2 aliphatic heterocycles. The molecule has 2 saturated heterocycles. The van der Waals surface area contributed by atoms with Crippen molar-refractivity contribution in [1.29, 1.82) is 0 Å². The number of aromatic nitrogens is 2. The van der Waals surface area contributed by atoms with Gasteiger partial charge >= 0.3 is 0 Å². The van der Waals surface area contributed by atoms with Crippen LogP contribution in [0.1, 0.15) is 54.3 Å². The zero-order valence-corrected chi connectivity index (χ0v) is 16.4. The van der Waals surface area contributed by atoms with Gasteiger partial charge in [-0.15, -0.1) is 0 Å². The van der Waals surface area contributed by atoms with Crippen molar-refractivity contribution < 1.29 is 4.79 Å². The van der Waals surface area contributed by atoms with Crippen LogP contribution >= 0.6 is 0 Å². The molecule has 27 heavy (non-hydrogen) atoms. The summed E-state index contributed by atoms with van der Waals surface area (Å²) in [5.74, 6) is 0.523. The maximum absolute atomic E-state index is 13.7. The minimum Gasteiger partial charge on any atom is -0.335 e. The van der Waals surface area contributed by atoms with E-state index in [9.17, 15) is 4.79 Å². The van der Waals surface area contributed by atoms with Gasteiger partial charge in [-0.1, -0.05) is 42.7 Å². The topological polar surface area (TPSA) is 50.2 Å². The van der Waals surface area contributed by atoms with Gasteiger partial charge in [0, 0.05) is 38.8 Å². The third-order valence-electron chi connectivity index (χ3n) is 6.15. The molecule has 3 heterocycles. The largest absolute Gasteiger partial charge is 0.335 e. The molecule has 1 aromatic carbocycles. The molecule has 1 N–H and O–H groups in total. The van der Waals surface area contributed by atoms with Gasteiger partial charge in [0.05, 0.1) is 18.2 Å². The van der Waals surface area contributed by atoms with Crippen molar-refractivity contribution in [2.45, 2.75) is 44.6 Å². The summed E-state index contributed by atoms with van der Waals surface area (Å²) in [6.45, 7) is 4.61. The summed E-state index contributed by atoms with van der Waals surface area (Å²) >= 11 is 0. The van der Waals surface area contributed by atoms with Crippen molar-refractivity contribution in [1.82, 2.24) is 20.0 Å². The Morgan fingerprint density at radius 3 is 2.85 bits per heavy atom. The Kier molecular flexibility index (Phi) is 5.30. The Bertz CT molecular complexity index is 799. The molecule has 1 aromatic heterocycles. The number of carbonyl (C=O) groups is 1. The van der Waals surface area contributed by atoms with E-state index in [1.54, 1.807) is 0 Å². The number of benzene rings is 1. The SMILES string of the molecule is Cc1cccc(C2CCCCCN2C(=O)[C@H]2CNC[C@@H]2c2cnn(C)c2)c1. The van der Waals surface area contributed by atoms with Crippen LogP contribution in [0.25, 0.3) is 0 Å². The van der Waals surface area contributed by atoms with E-state index in [2.05, 4.69) is 52.7 Å². The van der Waals surface area contributed by atoms with Crippen molar-refractivity contribution in [3.05, 3.63) is 53.3 Å². The molecule has 4 rings (SSSR count). The lowest BCUT2D eigenvalue weighted by molar-refractivity contribution is -0.137. The number of rotatable bonds is 3. The number of amides is 1. The van der Waals surface area contributed by atoms with Crippen LogP contribution in [0.4, 0.5) is 0 Å². The fourth-order valence-electron chi connectivity index (χ4n) is 4.73. The molecule has 2 fully saturated rings. The van der Waals surface area contributed by atoms with Gasteiger partial charge in [0.2, 0.25) is 5.91 Å². The van der Waals surface area contributed by atoms with E-state index < -0.39 is 0 Å². The average Bonchev–Trinajstić information content (AvgIpc) is 3.23. The highest BCUT2D eigenvalue weighted by atomic mass is 16.2. The molecular weight excluding hydrogens is 336 g/mol. The second-order valence-electron chi connectivity index (χ2n) is 8.13. The normalized spacial score (nSPS) is 26.1.